The highest BCUT2D eigenvalue weighted by atomic mass is 79.9. The Morgan fingerprint density at radius 2 is 2.00 bits per heavy atom. The minimum Gasteiger partial charge on any atom is -0.324 e. The molecule has 0 radical (unpaired) electrons. The van der Waals surface area contributed by atoms with E-state index in [2.05, 4.69) is 70.7 Å². The summed E-state index contributed by atoms with van der Waals surface area (Å²) in [6, 6.07) is 14.9. The second kappa shape index (κ2) is 5.68. The minimum atomic E-state index is 0.0427. The zero-order chi connectivity index (χ0) is 14.1. The molecule has 0 amide bonds. The topological polar surface area (TPSA) is 26.0 Å². The van der Waals surface area contributed by atoms with Crippen LogP contribution in [0.2, 0.25) is 0 Å². The molecule has 20 heavy (non-hydrogen) atoms. The van der Waals surface area contributed by atoms with Gasteiger partial charge in [-0.05, 0) is 59.0 Å². The molecular weight excluding hydrogens is 330 g/mol. The summed E-state index contributed by atoms with van der Waals surface area (Å²) in [4.78, 5) is 0. The van der Waals surface area contributed by atoms with Crippen molar-refractivity contribution < 1.29 is 0 Å². The van der Waals surface area contributed by atoms with Crippen LogP contribution in [0.1, 0.15) is 22.7 Å². The van der Waals surface area contributed by atoms with Gasteiger partial charge >= 0.3 is 0 Å². The molecule has 0 aliphatic carbocycles. The van der Waals surface area contributed by atoms with Crippen molar-refractivity contribution in [2.24, 2.45) is 5.73 Å². The predicted octanol–water partition coefficient (Wildman–Crippen LogP) is 5.21. The third-order valence-corrected chi connectivity index (χ3v) is 5.14. The van der Waals surface area contributed by atoms with E-state index in [9.17, 15) is 0 Å². The lowest BCUT2D eigenvalue weighted by Gasteiger charge is -2.15. The second-order valence-electron chi connectivity index (χ2n) is 5.07. The van der Waals surface area contributed by atoms with Gasteiger partial charge in [-0.3, -0.25) is 0 Å². The van der Waals surface area contributed by atoms with Crippen molar-refractivity contribution in [1.82, 2.24) is 0 Å². The average Bonchev–Trinajstić information content (AvgIpc) is 2.82. The van der Waals surface area contributed by atoms with Crippen LogP contribution in [0, 0.1) is 6.92 Å². The van der Waals surface area contributed by atoms with Crippen molar-refractivity contribution in [3.63, 3.8) is 0 Å². The van der Waals surface area contributed by atoms with Crippen molar-refractivity contribution >= 4 is 37.4 Å². The molecule has 3 aromatic rings. The Labute approximate surface area is 131 Å². The van der Waals surface area contributed by atoms with Gasteiger partial charge in [0.05, 0.1) is 0 Å². The lowest BCUT2D eigenvalue weighted by atomic mass is 9.96. The van der Waals surface area contributed by atoms with Gasteiger partial charge in [0.1, 0.15) is 0 Å². The molecule has 1 nitrogen and oxygen atoms in total. The van der Waals surface area contributed by atoms with Gasteiger partial charge in [-0.15, -0.1) is 11.3 Å². The first-order valence-electron chi connectivity index (χ1n) is 6.62. The summed E-state index contributed by atoms with van der Waals surface area (Å²) in [6.45, 7) is 2.12. The van der Waals surface area contributed by atoms with Crippen LogP contribution in [-0.2, 0) is 6.42 Å². The number of rotatable bonds is 3. The van der Waals surface area contributed by atoms with Crippen molar-refractivity contribution in [2.75, 3.05) is 0 Å². The number of hydrogen-bond acceptors (Lipinski definition) is 2. The Kier molecular flexibility index (Phi) is 3.92. The Morgan fingerprint density at radius 1 is 1.20 bits per heavy atom. The molecule has 0 bridgehead atoms. The first-order chi connectivity index (χ1) is 9.65. The maximum atomic E-state index is 6.42. The van der Waals surface area contributed by atoms with Crippen molar-refractivity contribution in [3.8, 4) is 0 Å². The van der Waals surface area contributed by atoms with E-state index in [1.807, 2.05) is 0 Å². The molecule has 1 unspecified atom stereocenters. The monoisotopic (exact) mass is 345 g/mol. The van der Waals surface area contributed by atoms with Crippen molar-refractivity contribution in [2.45, 2.75) is 19.4 Å². The van der Waals surface area contributed by atoms with Crippen LogP contribution in [-0.4, -0.2) is 0 Å². The predicted molar refractivity (Wildman–Crippen MR) is 91.3 cm³/mol. The Bertz CT molecular complexity index is 748. The first-order valence-corrected chi connectivity index (χ1v) is 8.29. The van der Waals surface area contributed by atoms with Crippen LogP contribution in [0.4, 0.5) is 0 Å². The average molecular weight is 346 g/mol. The fraction of sp³-hybridized carbons (Fsp3) is 0.176. The smallest absolute Gasteiger partial charge is 0.0345 e. The summed E-state index contributed by atoms with van der Waals surface area (Å²) in [7, 11) is 0. The zero-order valence-electron chi connectivity index (χ0n) is 11.3. The summed E-state index contributed by atoms with van der Waals surface area (Å²) in [5.74, 6) is 0. The van der Waals surface area contributed by atoms with E-state index >= 15 is 0 Å². The van der Waals surface area contributed by atoms with Crippen LogP contribution in [0.25, 0.3) is 10.1 Å². The summed E-state index contributed by atoms with van der Waals surface area (Å²) in [5.41, 5.74) is 10.2. The molecular formula is C17H16BrNS. The molecule has 102 valence electrons. The summed E-state index contributed by atoms with van der Waals surface area (Å²) in [5, 5.41) is 3.57. The molecule has 0 saturated heterocycles. The van der Waals surface area contributed by atoms with Crippen molar-refractivity contribution in [3.05, 3.63) is 69.0 Å². The molecule has 1 heterocycles. The molecule has 0 aliphatic rings. The number of benzene rings is 2. The first kappa shape index (κ1) is 13.8. The van der Waals surface area contributed by atoms with E-state index in [1.54, 1.807) is 11.3 Å². The van der Waals surface area contributed by atoms with E-state index in [0.717, 1.165) is 10.9 Å². The Balaban J connectivity index is 1.90. The lowest BCUT2D eigenvalue weighted by Crippen LogP contribution is -2.14. The van der Waals surface area contributed by atoms with Gasteiger partial charge < -0.3 is 5.73 Å². The molecule has 3 rings (SSSR count). The molecule has 0 aliphatic heterocycles. The second-order valence-corrected chi connectivity index (χ2v) is 6.90. The summed E-state index contributed by atoms with van der Waals surface area (Å²) in [6.07, 6.45) is 0.881. The van der Waals surface area contributed by atoms with Gasteiger partial charge in [0, 0.05) is 15.2 Å². The van der Waals surface area contributed by atoms with Gasteiger partial charge in [0.2, 0.25) is 0 Å². The molecule has 2 aromatic carbocycles. The molecule has 0 spiro atoms. The SMILES string of the molecule is Cc1cc(Br)ccc1C(N)Cc1csc2ccccc12. The van der Waals surface area contributed by atoms with E-state index < -0.39 is 0 Å². The van der Waals surface area contributed by atoms with Crippen LogP contribution in [0.15, 0.2) is 52.3 Å². The Hall–Kier alpha value is -1.16. The number of hydrogen-bond donors (Lipinski definition) is 1. The molecule has 2 N–H and O–H groups in total. The van der Waals surface area contributed by atoms with Gasteiger partial charge in [0.25, 0.3) is 0 Å². The van der Waals surface area contributed by atoms with E-state index in [1.165, 1.54) is 26.8 Å². The van der Waals surface area contributed by atoms with Gasteiger partial charge in [-0.2, -0.15) is 0 Å². The van der Waals surface area contributed by atoms with E-state index in [4.69, 9.17) is 5.73 Å². The van der Waals surface area contributed by atoms with Crippen LogP contribution < -0.4 is 5.73 Å². The quantitative estimate of drug-likeness (QED) is 0.692. The maximum absolute atomic E-state index is 6.42. The maximum Gasteiger partial charge on any atom is 0.0345 e. The standard InChI is InChI=1S/C17H16BrNS/c1-11-8-13(18)6-7-14(11)16(19)9-12-10-20-17-5-3-2-4-15(12)17/h2-8,10,16H,9,19H2,1H3. The lowest BCUT2D eigenvalue weighted by molar-refractivity contribution is 0.721. The van der Waals surface area contributed by atoms with Crippen LogP contribution in [0.3, 0.4) is 0 Å². The number of fused-ring (bicyclic) bond motifs is 1. The third kappa shape index (κ3) is 2.66. The van der Waals surface area contributed by atoms with Gasteiger partial charge in [-0.25, -0.2) is 0 Å². The highest BCUT2D eigenvalue weighted by Gasteiger charge is 2.12. The number of thiophene rings is 1. The fourth-order valence-corrected chi connectivity index (χ4v) is 4.04. The largest absolute Gasteiger partial charge is 0.324 e. The molecule has 1 aromatic heterocycles. The minimum absolute atomic E-state index is 0.0427. The highest BCUT2D eigenvalue weighted by Crippen LogP contribution is 2.30. The molecule has 0 saturated carbocycles. The normalized spacial score (nSPS) is 12.8. The van der Waals surface area contributed by atoms with Crippen LogP contribution >= 0.6 is 27.3 Å². The molecule has 0 fully saturated rings. The van der Waals surface area contributed by atoms with Crippen LogP contribution in [0.5, 0.6) is 0 Å². The summed E-state index contributed by atoms with van der Waals surface area (Å²) >= 11 is 5.29. The fourth-order valence-electron chi connectivity index (χ4n) is 2.59. The van der Waals surface area contributed by atoms with E-state index in [0.29, 0.717) is 0 Å². The van der Waals surface area contributed by atoms with Gasteiger partial charge in [0.15, 0.2) is 0 Å². The number of nitrogens with two attached hydrogens (primary N) is 1. The number of aryl methyl sites for hydroxylation is 1. The van der Waals surface area contributed by atoms with Gasteiger partial charge in [-0.1, -0.05) is 40.2 Å². The molecule has 3 heteroatoms. The van der Waals surface area contributed by atoms with E-state index in [-0.39, 0.29) is 6.04 Å². The highest BCUT2D eigenvalue weighted by molar-refractivity contribution is 9.10. The Morgan fingerprint density at radius 3 is 2.80 bits per heavy atom. The third-order valence-electron chi connectivity index (χ3n) is 3.63. The number of halogens is 1. The zero-order valence-corrected chi connectivity index (χ0v) is 13.7. The molecule has 1 atom stereocenters. The van der Waals surface area contributed by atoms with Crippen molar-refractivity contribution in [1.29, 1.82) is 0 Å². The summed E-state index contributed by atoms with van der Waals surface area (Å²) < 4.78 is 2.44.